The smallest absolute Gasteiger partial charge is 0.340 e. The number of nitrogens with zero attached hydrogens (tertiary/aromatic N) is 1. The van der Waals surface area contributed by atoms with Crippen LogP contribution in [-0.2, 0) is 16.0 Å². The third-order valence-corrected chi connectivity index (χ3v) is 4.48. The van der Waals surface area contributed by atoms with Gasteiger partial charge in [0.2, 0.25) is 0 Å². The number of amides is 1. The molecule has 1 amide bonds. The van der Waals surface area contributed by atoms with Crippen molar-refractivity contribution in [2.24, 2.45) is 0 Å². The van der Waals surface area contributed by atoms with Crippen molar-refractivity contribution in [2.45, 2.75) is 19.4 Å². The zero-order chi connectivity index (χ0) is 17.3. The Morgan fingerprint density at radius 1 is 1.17 bits per heavy atom. The highest BCUT2D eigenvalue weighted by molar-refractivity contribution is 6.36. The molecule has 0 saturated heterocycles. The van der Waals surface area contributed by atoms with Gasteiger partial charge in [-0.3, -0.25) is 4.79 Å². The van der Waals surface area contributed by atoms with E-state index in [4.69, 9.17) is 27.9 Å². The van der Waals surface area contributed by atoms with Gasteiger partial charge in [0.25, 0.3) is 5.91 Å². The van der Waals surface area contributed by atoms with Gasteiger partial charge in [0, 0.05) is 17.3 Å². The molecule has 124 valence electrons. The summed E-state index contributed by atoms with van der Waals surface area (Å²) in [5.74, 6) is -0.900. The Bertz CT molecular complexity index is 807. The number of rotatable bonds is 3. The van der Waals surface area contributed by atoms with Crippen LogP contribution in [0.4, 0.5) is 5.69 Å². The van der Waals surface area contributed by atoms with Crippen LogP contribution in [0.3, 0.4) is 0 Å². The molecule has 2 aromatic rings. The van der Waals surface area contributed by atoms with Gasteiger partial charge in [0.1, 0.15) is 0 Å². The van der Waals surface area contributed by atoms with E-state index in [1.54, 1.807) is 17.9 Å². The maximum atomic E-state index is 12.6. The Morgan fingerprint density at radius 3 is 2.67 bits per heavy atom. The average Bonchev–Trinajstić information content (AvgIpc) is 2.97. The Hall–Kier alpha value is -2.04. The van der Waals surface area contributed by atoms with Crippen LogP contribution in [0, 0.1) is 0 Å². The fourth-order valence-corrected chi connectivity index (χ4v) is 3.20. The molecule has 0 radical (unpaired) electrons. The van der Waals surface area contributed by atoms with Crippen molar-refractivity contribution in [2.75, 3.05) is 11.4 Å². The molecule has 24 heavy (non-hydrogen) atoms. The lowest BCUT2D eigenvalue weighted by Crippen LogP contribution is -2.39. The molecule has 4 nitrogen and oxygen atoms in total. The summed E-state index contributed by atoms with van der Waals surface area (Å²) in [6.45, 7) is 2.15. The van der Waals surface area contributed by atoms with Crippen LogP contribution >= 0.6 is 23.2 Å². The van der Waals surface area contributed by atoms with Crippen molar-refractivity contribution in [1.29, 1.82) is 0 Å². The van der Waals surface area contributed by atoms with Gasteiger partial charge >= 0.3 is 5.97 Å². The SMILES string of the molecule is C[C@H](OC(=O)c1ccc(Cl)cc1Cl)C(=O)N1CCc2ccccc21. The zero-order valence-corrected chi connectivity index (χ0v) is 14.5. The summed E-state index contributed by atoms with van der Waals surface area (Å²) in [7, 11) is 0. The van der Waals surface area contributed by atoms with E-state index in [0.29, 0.717) is 11.6 Å². The van der Waals surface area contributed by atoms with Gasteiger partial charge in [-0.05, 0) is 43.2 Å². The molecule has 1 atom stereocenters. The number of anilines is 1. The first kappa shape index (κ1) is 16.8. The number of para-hydroxylation sites is 1. The number of carbonyl (C=O) groups excluding carboxylic acids is 2. The summed E-state index contributed by atoms with van der Waals surface area (Å²) >= 11 is 11.8. The molecule has 6 heteroatoms. The van der Waals surface area contributed by atoms with Crippen LogP contribution in [0.1, 0.15) is 22.8 Å². The van der Waals surface area contributed by atoms with Crippen LogP contribution in [0.5, 0.6) is 0 Å². The summed E-state index contributed by atoms with van der Waals surface area (Å²) in [4.78, 5) is 26.5. The fraction of sp³-hybridized carbons (Fsp3) is 0.222. The third-order valence-electron chi connectivity index (χ3n) is 3.94. The van der Waals surface area contributed by atoms with Gasteiger partial charge in [-0.15, -0.1) is 0 Å². The van der Waals surface area contributed by atoms with Crippen molar-refractivity contribution in [1.82, 2.24) is 0 Å². The highest BCUT2D eigenvalue weighted by Gasteiger charge is 2.30. The number of fused-ring (bicyclic) bond motifs is 1. The minimum absolute atomic E-state index is 0.183. The summed E-state index contributed by atoms with van der Waals surface area (Å²) in [5.41, 5.74) is 2.17. The molecule has 1 heterocycles. The van der Waals surface area contributed by atoms with E-state index in [-0.39, 0.29) is 16.5 Å². The highest BCUT2D eigenvalue weighted by atomic mass is 35.5. The van der Waals surface area contributed by atoms with E-state index in [2.05, 4.69) is 0 Å². The summed E-state index contributed by atoms with van der Waals surface area (Å²) in [5, 5.41) is 0.619. The Labute approximate surface area is 149 Å². The van der Waals surface area contributed by atoms with Gasteiger partial charge in [-0.25, -0.2) is 4.79 Å². The lowest BCUT2D eigenvalue weighted by atomic mass is 10.2. The number of hydrogen-bond donors (Lipinski definition) is 0. The van der Waals surface area contributed by atoms with Crippen LogP contribution in [0.25, 0.3) is 0 Å². The zero-order valence-electron chi connectivity index (χ0n) is 13.0. The second kappa shape index (κ2) is 6.83. The topological polar surface area (TPSA) is 46.6 Å². The molecule has 0 saturated carbocycles. The fourth-order valence-electron chi connectivity index (χ4n) is 2.72. The lowest BCUT2D eigenvalue weighted by molar-refractivity contribution is -0.126. The molecular formula is C18H15Cl2NO3. The summed E-state index contributed by atoms with van der Waals surface area (Å²) < 4.78 is 5.29. The Kier molecular flexibility index (Phi) is 4.78. The molecule has 0 bridgehead atoms. The standard InChI is InChI=1S/C18H15Cl2NO3/c1-11(24-18(23)14-7-6-13(19)10-15(14)20)17(22)21-9-8-12-4-2-3-5-16(12)21/h2-7,10-11H,8-9H2,1H3/t11-/m0/s1. The van der Waals surface area contributed by atoms with E-state index in [1.165, 1.54) is 12.1 Å². The van der Waals surface area contributed by atoms with Crippen LogP contribution < -0.4 is 4.90 Å². The van der Waals surface area contributed by atoms with E-state index in [1.807, 2.05) is 24.3 Å². The maximum Gasteiger partial charge on any atom is 0.340 e. The van der Waals surface area contributed by atoms with Gasteiger partial charge < -0.3 is 9.64 Å². The van der Waals surface area contributed by atoms with Gasteiger partial charge in [-0.2, -0.15) is 0 Å². The lowest BCUT2D eigenvalue weighted by Gasteiger charge is -2.21. The van der Waals surface area contributed by atoms with Crippen molar-refractivity contribution in [3.8, 4) is 0 Å². The van der Waals surface area contributed by atoms with Crippen molar-refractivity contribution < 1.29 is 14.3 Å². The number of halogens is 2. The molecule has 0 aliphatic carbocycles. The quantitative estimate of drug-likeness (QED) is 0.770. The van der Waals surface area contributed by atoms with Crippen molar-refractivity contribution in [3.05, 3.63) is 63.6 Å². The normalized spacial score (nSPS) is 14.2. The minimum atomic E-state index is -0.907. The second-order valence-electron chi connectivity index (χ2n) is 5.54. The van der Waals surface area contributed by atoms with E-state index in [9.17, 15) is 9.59 Å². The predicted molar refractivity (Wildman–Crippen MR) is 93.8 cm³/mol. The van der Waals surface area contributed by atoms with Crippen molar-refractivity contribution >= 4 is 40.8 Å². The number of esters is 1. The third kappa shape index (κ3) is 3.25. The minimum Gasteiger partial charge on any atom is -0.449 e. The number of hydrogen-bond acceptors (Lipinski definition) is 3. The molecule has 0 fully saturated rings. The largest absolute Gasteiger partial charge is 0.449 e. The Balaban J connectivity index is 1.72. The first-order valence-corrected chi connectivity index (χ1v) is 8.28. The Morgan fingerprint density at radius 2 is 1.92 bits per heavy atom. The summed E-state index contributed by atoms with van der Waals surface area (Å²) in [6.07, 6.45) is -0.110. The molecule has 0 spiro atoms. The highest BCUT2D eigenvalue weighted by Crippen LogP contribution is 2.28. The van der Waals surface area contributed by atoms with Gasteiger partial charge in [-0.1, -0.05) is 41.4 Å². The molecule has 1 aliphatic heterocycles. The predicted octanol–water partition coefficient (Wildman–Crippen LogP) is 4.13. The molecule has 2 aromatic carbocycles. The average molecular weight is 364 g/mol. The maximum absolute atomic E-state index is 12.6. The number of ether oxygens (including phenoxy) is 1. The van der Waals surface area contributed by atoms with Crippen LogP contribution in [0.15, 0.2) is 42.5 Å². The van der Waals surface area contributed by atoms with Crippen molar-refractivity contribution in [3.63, 3.8) is 0 Å². The van der Waals surface area contributed by atoms with Crippen LogP contribution in [0.2, 0.25) is 10.0 Å². The molecule has 1 aliphatic rings. The second-order valence-corrected chi connectivity index (χ2v) is 6.38. The first-order valence-electron chi connectivity index (χ1n) is 7.52. The van der Waals surface area contributed by atoms with E-state index in [0.717, 1.165) is 17.7 Å². The molecule has 0 N–H and O–H groups in total. The molecule has 3 rings (SSSR count). The van der Waals surface area contributed by atoms with E-state index < -0.39 is 12.1 Å². The monoisotopic (exact) mass is 363 g/mol. The van der Waals surface area contributed by atoms with Gasteiger partial charge in [0.15, 0.2) is 6.10 Å². The van der Waals surface area contributed by atoms with E-state index >= 15 is 0 Å². The number of carbonyl (C=O) groups is 2. The van der Waals surface area contributed by atoms with Gasteiger partial charge in [0.05, 0.1) is 10.6 Å². The summed E-state index contributed by atoms with van der Waals surface area (Å²) in [6, 6.07) is 12.2. The first-order chi connectivity index (χ1) is 11.5. The molecule has 0 unspecified atom stereocenters. The number of benzene rings is 2. The van der Waals surface area contributed by atoms with Crippen LogP contribution in [-0.4, -0.2) is 24.5 Å². The molecular weight excluding hydrogens is 349 g/mol. The molecule has 0 aromatic heterocycles.